The minimum absolute atomic E-state index is 0.0840. The highest BCUT2D eigenvalue weighted by molar-refractivity contribution is 5.95. The number of likely N-dealkylation sites (tertiary alicyclic amines) is 1. The fourth-order valence-electron chi connectivity index (χ4n) is 3.48. The van der Waals surface area contributed by atoms with Crippen molar-refractivity contribution in [2.45, 2.75) is 45.1 Å². The summed E-state index contributed by atoms with van der Waals surface area (Å²) in [7, 11) is 0. The van der Waals surface area contributed by atoms with Crippen molar-refractivity contribution in [1.82, 2.24) is 10.2 Å². The van der Waals surface area contributed by atoms with Gasteiger partial charge in [0.2, 0.25) is 5.91 Å². The van der Waals surface area contributed by atoms with E-state index >= 15 is 0 Å². The lowest BCUT2D eigenvalue weighted by Crippen LogP contribution is -2.51. The number of rotatable bonds is 4. The largest absolute Gasteiger partial charge is 0.469 e. The van der Waals surface area contributed by atoms with Gasteiger partial charge in [-0.1, -0.05) is 30.3 Å². The highest BCUT2D eigenvalue weighted by Crippen LogP contribution is 2.27. The van der Waals surface area contributed by atoms with Crippen LogP contribution in [0.2, 0.25) is 0 Å². The summed E-state index contributed by atoms with van der Waals surface area (Å²) in [5.74, 6) is 0.657. The number of amides is 2. The third-order valence-corrected chi connectivity index (χ3v) is 5.25. The van der Waals surface area contributed by atoms with E-state index in [1.165, 1.54) is 6.26 Å². The number of hydrogen-bond acceptors (Lipinski definition) is 3. The van der Waals surface area contributed by atoms with Crippen LogP contribution in [0.15, 0.2) is 47.1 Å². The molecule has 138 valence electrons. The lowest BCUT2D eigenvalue weighted by Gasteiger charge is -2.37. The lowest BCUT2D eigenvalue weighted by molar-refractivity contribution is -0.137. The summed E-state index contributed by atoms with van der Waals surface area (Å²) in [6.07, 6.45) is 3.05. The molecule has 1 aliphatic rings. The number of carbonyl (C=O) groups excluding carboxylic acids is 2. The van der Waals surface area contributed by atoms with Gasteiger partial charge in [0, 0.05) is 19.1 Å². The number of furan rings is 1. The van der Waals surface area contributed by atoms with Crippen molar-refractivity contribution in [2.75, 3.05) is 13.1 Å². The standard InChI is InChI=1S/C21H26N2O3/c1-15-18(11-14-26-15)19(24)22-17-9-12-23(13-10-17)20(25)21(2,3)16-7-5-4-6-8-16/h4-8,11,14,17H,9-10,12-13H2,1-3H3,(H,22,24). The second-order valence-corrected chi connectivity index (χ2v) is 7.42. The lowest BCUT2D eigenvalue weighted by atomic mass is 9.82. The molecule has 3 rings (SSSR count). The molecule has 0 aliphatic carbocycles. The van der Waals surface area contributed by atoms with E-state index in [9.17, 15) is 9.59 Å². The Hall–Kier alpha value is -2.56. The van der Waals surface area contributed by atoms with Crippen molar-refractivity contribution >= 4 is 11.8 Å². The Morgan fingerprint density at radius 2 is 1.77 bits per heavy atom. The van der Waals surface area contributed by atoms with E-state index in [0.717, 1.165) is 18.4 Å². The van der Waals surface area contributed by atoms with Crippen LogP contribution < -0.4 is 5.32 Å². The molecule has 1 fully saturated rings. The Balaban J connectivity index is 1.57. The topological polar surface area (TPSA) is 62.6 Å². The molecule has 2 heterocycles. The molecule has 5 heteroatoms. The highest BCUT2D eigenvalue weighted by Gasteiger charge is 2.35. The van der Waals surface area contributed by atoms with Crippen LogP contribution in [0.3, 0.4) is 0 Å². The van der Waals surface area contributed by atoms with Gasteiger partial charge in [-0.3, -0.25) is 9.59 Å². The summed E-state index contributed by atoms with van der Waals surface area (Å²) >= 11 is 0. The summed E-state index contributed by atoms with van der Waals surface area (Å²) in [6, 6.07) is 11.6. The molecule has 1 N–H and O–H groups in total. The molecule has 1 saturated heterocycles. The van der Waals surface area contributed by atoms with Crippen LogP contribution in [0.5, 0.6) is 0 Å². The zero-order valence-corrected chi connectivity index (χ0v) is 15.6. The number of nitrogens with zero attached hydrogens (tertiary/aromatic N) is 1. The third-order valence-electron chi connectivity index (χ3n) is 5.25. The van der Waals surface area contributed by atoms with Crippen LogP contribution in [0.1, 0.15) is 48.4 Å². The molecule has 0 atom stereocenters. The van der Waals surface area contributed by atoms with Crippen molar-refractivity contribution in [2.24, 2.45) is 0 Å². The minimum atomic E-state index is -0.550. The first-order chi connectivity index (χ1) is 12.4. The van der Waals surface area contributed by atoms with Crippen LogP contribution >= 0.6 is 0 Å². The van der Waals surface area contributed by atoms with E-state index in [-0.39, 0.29) is 17.9 Å². The molecule has 0 bridgehead atoms. The summed E-state index contributed by atoms with van der Waals surface area (Å²) in [6.45, 7) is 7.04. The third kappa shape index (κ3) is 3.66. The van der Waals surface area contributed by atoms with E-state index in [0.29, 0.717) is 24.4 Å². The van der Waals surface area contributed by atoms with Crippen molar-refractivity contribution in [3.63, 3.8) is 0 Å². The highest BCUT2D eigenvalue weighted by atomic mass is 16.3. The number of hydrogen-bond donors (Lipinski definition) is 1. The predicted octanol–water partition coefficient (Wildman–Crippen LogP) is 3.29. The molecular weight excluding hydrogens is 328 g/mol. The molecule has 0 radical (unpaired) electrons. The van der Waals surface area contributed by atoms with Crippen LogP contribution in [0.25, 0.3) is 0 Å². The average molecular weight is 354 g/mol. The molecule has 1 aliphatic heterocycles. The number of benzene rings is 1. The van der Waals surface area contributed by atoms with Crippen LogP contribution in [0, 0.1) is 6.92 Å². The summed E-state index contributed by atoms with van der Waals surface area (Å²) in [5, 5.41) is 3.06. The quantitative estimate of drug-likeness (QED) is 0.916. The summed E-state index contributed by atoms with van der Waals surface area (Å²) in [4.78, 5) is 27.2. The zero-order valence-electron chi connectivity index (χ0n) is 15.6. The van der Waals surface area contributed by atoms with Crippen molar-refractivity contribution in [1.29, 1.82) is 0 Å². The van der Waals surface area contributed by atoms with Gasteiger partial charge < -0.3 is 14.6 Å². The summed E-state index contributed by atoms with van der Waals surface area (Å²) < 4.78 is 5.19. The number of carbonyl (C=O) groups is 2. The van der Waals surface area contributed by atoms with Gasteiger partial charge in [0.1, 0.15) is 5.76 Å². The van der Waals surface area contributed by atoms with E-state index in [1.807, 2.05) is 49.1 Å². The Morgan fingerprint density at radius 1 is 1.12 bits per heavy atom. The molecule has 26 heavy (non-hydrogen) atoms. The maximum absolute atomic E-state index is 13.0. The van der Waals surface area contributed by atoms with Crippen LogP contribution in [0.4, 0.5) is 0 Å². The molecule has 0 spiro atoms. The Labute approximate surface area is 154 Å². The SMILES string of the molecule is Cc1occc1C(=O)NC1CCN(C(=O)C(C)(C)c2ccccc2)CC1. The monoisotopic (exact) mass is 354 g/mol. The fraction of sp³-hybridized carbons (Fsp3) is 0.429. The van der Waals surface area contributed by atoms with Crippen molar-refractivity contribution < 1.29 is 14.0 Å². The van der Waals surface area contributed by atoms with Crippen LogP contribution in [-0.4, -0.2) is 35.8 Å². The van der Waals surface area contributed by atoms with Gasteiger partial charge in [0.25, 0.3) is 5.91 Å². The van der Waals surface area contributed by atoms with E-state index in [2.05, 4.69) is 5.32 Å². The van der Waals surface area contributed by atoms with Gasteiger partial charge in [-0.05, 0) is 45.2 Å². The molecule has 0 unspecified atom stereocenters. The van der Waals surface area contributed by atoms with E-state index in [4.69, 9.17) is 4.42 Å². The zero-order chi connectivity index (χ0) is 18.7. The van der Waals surface area contributed by atoms with Crippen LogP contribution in [-0.2, 0) is 10.2 Å². The van der Waals surface area contributed by atoms with Gasteiger partial charge in [-0.25, -0.2) is 0 Å². The van der Waals surface area contributed by atoms with Crippen molar-refractivity contribution in [3.8, 4) is 0 Å². The molecule has 2 amide bonds. The smallest absolute Gasteiger partial charge is 0.255 e. The first kappa shape index (κ1) is 18.2. The Bertz CT molecular complexity index is 772. The molecule has 1 aromatic carbocycles. The summed E-state index contributed by atoms with van der Waals surface area (Å²) in [5.41, 5.74) is 1.05. The first-order valence-corrected chi connectivity index (χ1v) is 9.09. The molecule has 5 nitrogen and oxygen atoms in total. The van der Waals surface area contributed by atoms with E-state index in [1.54, 1.807) is 13.0 Å². The Kier molecular flexibility index (Phi) is 5.16. The first-order valence-electron chi connectivity index (χ1n) is 9.09. The molecule has 1 aromatic heterocycles. The van der Waals surface area contributed by atoms with Gasteiger partial charge in [-0.15, -0.1) is 0 Å². The van der Waals surface area contributed by atoms with Gasteiger partial charge >= 0.3 is 0 Å². The normalized spacial score (nSPS) is 15.7. The predicted molar refractivity (Wildman–Crippen MR) is 100.0 cm³/mol. The molecule has 2 aromatic rings. The van der Waals surface area contributed by atoms with Gasteiger partial charge in [0.15, 0.2) is 0 Å². The number of aryl methyl sites for hydroxylation is 1. The van der Waals surface area contributed by atoms with Crippen molar-refractivity contribution in [3.05, 3.63) is 59.5 Å². The maximum Gasteiger partial charge on any atom is 0.255 e. The second kappa shape index (κ2) is 7.36. The minimum Gasteiger partial charge on any atom is -0.469 e. The maximum atomic E-state index is 13.0. The second-order valence-electron chi connectivity index (χ2n) is 7.42. The average Bonchev–Trinajstić information content (AvgIpc) is 3.08. The molecule has 0 saturated carbocycles. The number of piperidine rings is 1. The van der Waals surface area contributed by atoms with Gasteiger partial charge in [-0.2, -0.15) is 0 Å². The number of nitrogens with one attached hydrogen (secondary N) is 1. The van der Waals surface area contributed by atoms with E-state index < -0.39 is 5.41 Å². The van der Waals surface area contributed by atoms with Gasteiger partial charge in [0.05, 0.1) is 17.2 Å². The Morgan fingerprint density at radius 3 is 2.35 bits per heavy atom. The molecular formula is C21H26N2O3. The fourth-order valence-corrected chi connectivity index (χ4v) is 3.48.